The van der Waals surface area contributed by atoms with Gasteiger partial charge in [-0.15, -0.1) is 0 Å². The minimum absolute atomic E-state index is 0.263. The molecule has 0 amide bonds. The van der Waals surface area contributed by atoms with Crippen LogP contribution in [0.3, 0.4) is 0 Å². The van der Waals surface area contributed by atoms with Crippen molar-refractivity contribution in [1.29, 1.82) is 0 Å². The highest BCUT2D eigenvalue weighted by Gasteiger charge is 2.12. The fraction of sp³-hybridized carbons (Fsp3) is 0.222. The average Bonchev–Trinajstić information content (AvgIpc) is 2.54. The van der Waals surface area contributed by atoms with Crippen molar-refractivity contribution < 1.29 is 13.9 Å². The molecule has 0 unspecified atom stereocenters. The Morgan fingerprint density at radius 2 is 1.96 bits per heavy atom. The zero-order chi connectivity index (χ0) is 16.7. The second-order valence-electron chi connectivity index (χ2n) is 4.80. The summed E-state index contributed by atoms with van der Waals surface area (Å²) in [5, 5.41) is 3.69. The number of halogens is 2. The Balaban J connectivity index is 2.15. The first kappa shape index (κ1) is 17.2. The maximum atomic E-state index is 12.9. The number of anilines is 1. The molecule has 5 heteroatoms. The molecule has 0 aliphatic rings. The molecule has 0 fully saturated rings. The summed E-state index contributed by atoms with van der Waals surface area (Å²) in [6.07, 6.45) is 1.65. The molecule has 2 aromatic carbocycles. The molecular weight excluding hydrogens is 317 g/mol. The van der Waals surface area contributed by atoms with Gasteiger partial charge in [0.05, 0.1) is 11.6 Å². The van der Waals surface area contributed by atoms with Crippen molar-refractivity contribution in [2.45, 2.75) is 13.5 Å². The van der Waals surface area contributed by atoms with Crippen molar-refractivity contribution in [2.75, 3.05) is 18.5 Å². The molecule has 0 aliphatic heterocycles. The van der Waals surface area contributed by atoms with E-state index in [0.29, 0.717) is 36.3 Å². The van der Waals surface area contributed by atoms with Gasteiger partial charge in [-0.2, -0.15) is 0 Å². The van der Waals surface area contributed by atoms with Gasteiger partial charge in [-0.05, 0) is 48.9 Å². The number of ether oxygens (including phenoxy) is 2. The van der Waals surface area contributed by atoms with Crippen molar-refractivity contribution in [3.8, 4) is 11.5 Å². The van der Waals surface area contributed by atoms with E-state index in [-0.39, 0.29) is 5.82 Å². The maximum absolute atomic E-state index is 12.9. The van der Waals surface area contributed by atoms with E-state index in [1.807, 2.05) is 19.1 Å². The summed E-state index contributed by atoms with van der Waals surface area (Å²) in [5.74, 6) is 0.845. The molecule has 122 valence electrons. The van der Waals surface area contributed by atoms with Gasteiger partial charge in [0.25, 0.3) is 0 Å². The third kappa shape index (κ3) is 4.89. The molecule has 1 N–H and O–H groups in total. The monoisotopic (exact) mass is 335 g/mol. The molecule has 2 aromatic rings. The number of nitrogens with one attached hydrogen (secondary N) is 1. The second-order valence-corrected chi connectivity index (χ2v) is 5.21. The fourth-order valence-electron chi connectivity index (χ4n) is 2.04. The zero-order valence-electron chi connectivity index (χ0n) is 12.9. The summed E-state index contributed by atoms with van der Waals surface area (Å²) >= 11 is 6.29. The molecule has 0 saturated carbocycles. The lowest BCUT2D eigenvalue weighted by Gasteiger charge is -2.15. The molecule has 0 spiro atoms. The highest BCUT2D eigenvalue weighted by Crippen LogP contribution is 2.37. The molecule has 0 aliphatic carbocycles. The molecule has 0 radical (unpaired) electrons. The third-order valence-corrected chi connectivity index (χ3v) is 3.34. The van der Waals surface area contributed by atoms with Gasteiger partial charge in [0.1, 0.15) is 12.4 Å². The first-order valence-corrected chi connectivity index (χ1v) is 7.70. The van der Waals surface area contributed by atoms with Gasteiger partial charge < -0.3 is 14.8 Å². The van der Waals surface area contributed by atoms with Crippen molar-refractivity contribution in [1.82, 2.24) is 0 Å². The van der Waals surface area contributed by atoms with E-state index in [1.165, 1.54) is 12.1 Å². The predicted molar refractivity (Wildman–Crippen MR) is 92.0 cm³/mol. The van der Waals surface area contributed by atoms with Crippen molar-refractivity contribution >= 4 is 17.3 Å². The zero-order valence-corrected chi connectivity index (χ0v) is 13.7. The van der Waals surface area contributed by atoms with Crippen LogP contribution in [0.15, 0.2) is 49.1 Å². The first-order valence-electron chi connectivity index (χ1n) is 7.32. The van der Waals surface area contributed by atoms with Gasteiger partial charge in [-0.1, -0.05) is 24.3 Å². The Hall–Kier alpha value is -2.20. The molecule has 2 rings (SSSR count). The van der Waals surface area contributed by atoms with Gasteiger partial charge in [-0.3, -0.25) is 0 Å². The van der Waals surface area contributed by atoms with Crippen LogP contribution in [0.25, 0.3) is 0 Å². The topological polar surface area (TPSA) is 30.5 Å². The molecule has 0 aromatic heterocycles. The van der Waals surface area contributed by atoms with Crippen LogP contribution in [0, 0.1) is 5.82 Å². The van der Waals surface area contributed by atoms with E-state index < -0.39 is 0 Å². The number of hydrogen-bond acceptors (Lipinski definition) is 3. The van der Waals surface area contributed by atoms with E-state index in [9.17, 15) is 4.39 Å². The average molecular weight is 336 g/mol. The smallest absolute Gasteiger partial charge is 0.180 e. The lowest BCUT2D eigenvalue weighted by atomic mass is 10.2. The van der Waals surface area contributed by atoms with E-state index in [1.54, 1.807) is 18.2 Å². The summed E-state index contributed by atoms with van der Waals surface area (Å²) < 4.78 is 24.1. The minimum atomic E-state index is -0.263. The van der Waals surface area contributed by atoms with Crippen LogP contribution in [0.2, 0.25) is 5.02 Å². The van der Waals surface area contributed by atoms with E-state index in [4.69, 9.17) is 21.1 Å². The minimum Gasteiger partial charge on any atom is -0.490 e. The molecule has 23 heavy (non-hydrogen) atoms. The summed E-state index contributed by atoms with van der Waals surface area (Å²) in [5.41, 5.74) is 1.76. The molecule has 3 nitrogen and oxygen atoms in total. The summed E-state index contributed by atoms with van der Waals surface area (Å²) in [7, 11) is 0. The lowest BCUT2D eigenvalue weighted by molar-refractivity contribution is 0.297. The van der Waals surface area contributed by atoms with Crippen LogP contribution < -0.4 is 14.8 Å². The normalized spacial score (nSPS) is 10.2. The fourth-order valence-corrected chi connectivity index (χ4v) is 2.33. The highest BCUT2D eigenvalue weighted by atomic mass is 35.5. The van der Waals surface area contributed by atoms with Gasteiger partial charge >= 0.3 is 0 Å². The second kappa shape index (κ2) is 8.44. The van der Waals surface area contributed by atoms with Crippen molar-refractivity contribution in [2.24, 2.45) is 0 Å². The Kier molecular flexibility index (Phi) is 6.29. The standard InChI is InChI=1S/C18H19ClFNO2/c1-3-9-23-18-16(19)10-13(11-17(18)22-4-2)12-21-15-7-5-14(20)6-8-15/h3,5-8,10-11,21H,1,4,9,12H2,2H3. The molecule has 0 heterocycles. The molecule has 0 atom stereocenters. The van der Waals surface area contributed by atoms with E-state index in [2.05, 4.69) is 11.9 Å². The molecule has 0 saturated heterocycles. The van der Waals surface area contributed by atoms with Gasteiger partial charge in [0.15, 0.2) is 11.5 Å². The summed E-state index contributed by atoms with van der Waals surface area (Å²) in [6, 6.07) is 9.88. The molecule has 0 bridgehead atoms. The first-order chi connectivity index (χ1) is 11.1. The van der Waals surface area contributed by atoms with Crippen LogP contribution in [-0.4, -0.2) is 13.2 Å². The Labute approximate surface area is 140 Å². The maximum Gasteiger partial charge on any atom is 0.180 e. The van der Waals surface area contributed by atoms with Crippen molar-refractivity contribution in [3.05, 3.63) is 65.5 Å². The van der Waals surface area contributed by atoms with E-state index in [0.717, 1.165) is 11.3 Å². The van der Waals surface area contributed by atoms with Crippen LogP contribution in [0.1, 0.15) is 12.5 Å². The quantitative estimate of drug-likeness (QED) is 0.684. The van der Waals surface area contributed by atoms with Gasteiger partial charge in [0.2, 0.25) is 0 Å². The largest absolute Gasteiger partial charge is 0.490 e. The van der Waals surface area contributed by atoms with Crippen LogP contribution in [-0.2, 0) is 6.54 Å². The predicted octanol–water partition coefficient (Wildman–Crippen LogP) is 5.05. The Morgan fingerprint density at radius 1 is 1.22 bits per heavy atom. The van der Waals surface area contributed by atoms with E-state index >= 15 is 0 Å². The van der Waals surface area contributed by atoms with Gasteiger partial charge in [0, 0.05) is 12.2 Å². The summed E-state index contributed by atoms with van der Waals surface area (Å²) in [6.45, 7) is 6.92. The number of benzene rings is 2. The van der Waals surface area contributed by atoms with Crippen LogP contribution in [0.4, 0.5) is 10.1 Å². The van der Waals surface area contributed by atoms with Gasteiger partial charge in [-0.25, -0.2) is 4.39 Å². The number of rotatable bonds is 8. The van der Waals surface area contributed by atoms with Crippen molar-refractivity contribution in [3.63, 3.8) is 0 Å². The molecular formula is C18H19ClFNO2. The number of hydrogen-bond donors (Lipinski definition) is 1. The Bertz CT molecular complexity index is 659. The van der Waals surface area contributed by atoms with Crippen LogP contribution in [0.5, 0.6) is 11.5 Å². The third-order valence-electron chi connectivity index (χ3n) is 3.06. The lowest BCUT2D eigenvalue weighted by Crippen LogP contribution is -2.03. The van der Waals surface area contributed by atoms with Crippen LogP contribution >= 0.6 is 11.6 Å². The SMILES string of the molecule is C=CCOc1c(Cl)cc(CNc2ccc(F)cc2)cc1OCC. The Morgan fingerprint density at radius 3 is 2.61 bits per heavy atom. The highest BCUT2D eigenvalue weighted by molar-refractivity contribution is 6.32. The summed E-state index contributed by atoms with van der Waals surface area (Å²) in [4.78, 5) is 0.